The van der Waals surface area contributed by atoms with Gasteiger partial charge in [0.15, 0.2) is 10.3 Å². The quantitative estimate of drug-likeness (QED) is 0.184. The molecule has 26 heavy (non-hydrogen) atoms. The van der Waals surface area contributed by atoms with Gasteiger partial charge in [-0.05, 0) is 38.1 Å². The highest BCUT2D eigenvalue weighted by atomic mass is 32.2. The van der Waals surface area contributed by atoms with Gasteiger partial charge in [0, 0.05) is 17.8 Å². The number of hydrogen-bond acceptors (Lipinski definition) is 4. The predicted molar refractivity (Wildman–Crippen MR) is 113 cm³/mol. The molecule has 0 bridgehead atoms. The molecule has 0 saturated carbocycles. The fraction of sp³-hybridized carbons (Fsp3) is 0.773. The molecule has 1 aromatic rings. The van der Waals surface area contributed by atoms with Gasteiger partial charge in [0.05, 0.1) is 0 Å². The van der Waals surface area contributed by atoms with Gasteiger partial charge in [-0.1, -0.05) is 84.0 Å². The molecule has 0 fully saturated rings. The smallest absolute Gasteiger partial charge is 0.196 e. The Morgan fingerprint density at radius 2 is 1.19 bits per heavy atom. The van der Waals surface area contributed by atoms with Crippen molar-refractivity contribution in [2.24, 2.45) is 0 Å². The first-order valence-corrected chi connectivity index (χ1v) is 11.5. The summed E-state index contributed by atoms with van der Waals surface area (Å²) in [5.41, 5.74) is 1.85. The molecule has 0 atom stereocenters. The summed E-state index contributed by atoms with van der Waals surface area (Å²) >= 11 is 1.20. The number of nitrogens with zero attached hydrogens (tertiary/aromatic N) is 2. The lowest BCUT2D eigenvalue weighted by molar-refractivity contribution is -0.111. The van der Waals surface area contributed by atoms with Crippen molar-refractivity contribution >= 4 is 16.9 Å². The second kappa shape index (κ2) is 15.2. The van der Waals surface area contributed by atoms with Crippen LogP contribution in [0.25, 0.3) is 0 Å². The Labute approximate surface area is 165 Å². The average molecular weight is 379 g/mol. The van der Waals surface area contributed by atoms with Gasteiger partial charge in [-0.2, -0.15) is 0 Å². The molecule has 0 aromatic carbocycles. The van der Waals surface area contributed by atoms with E-state index in [9.17, 15) is 4.79 Å². The van der Waals surface area contributed by atoms with Crippen molar-refractivity contribution in [1.82, 2.24) is 9.97 Å². The molecule has 3 nitrogen and oxygen atoms in total. The molecule has 0 spiro atoms. The number of rotatable bonds is 15. The lowest BCUT2D eigenvalue weighted by atomic mass is 10.0. The molecule has 1 heterocycles. The van der Waals surface area contributed by atoms with Gasteiger partial charge in [0.25, 0.3) is 0 Å². The average Bonchev–Trinajstić information content (AvgIpc) is 2.58. The van der Waals surface area contributed by atoms with Crippen molar-refractivity contribution < 1.29 is 4.79 Å². The van der Waals surface area contributed by atoms with Gasteiger partial charge in [-0.25, -0.2) is 9.97 Å². The van der Waals surface area contributed by atoms with Crippen molar-refractivity contribution in [1.29, 1.82) is 0 Å². The molecule has 148 valence electrons. The minimum absolute atomic E-state index is 0.193. The normalized spacial score (nSPS) is 11.0. The molecule has 0 saturated heterocycles. The number of thioether (sulfide) groups is 1. The van der Waals surface area contributed by atoms with E-state index in [-0.39, 0.29) is 5.12 Å². The van der Waals surface area contributed by atoms with E-state index in [4.69, 9.17) is 0 Å². The van der Waals surface area contributed by atoms with Crippen LogP contribution in [0.5, 0.6) is 0 Å². The Balaban J connectivity index is 1.91. The number of hydrogen-bond donors (Lipinski definition) is 0. The van der Waals surface area contributed by atoms with Crippen LogP contribution < -0.4 is 0 Å². The lowest BCUT2D eigenvalue weighted by Crippen LogP contribution is -1.97. The molecular formula is C22H38N2OS. The van der Waals surface area contributed by atoms with Crippen LogP contribution in [-0.2, 0) is 4.79 Å². The molecule has 0 amide bonds. The maximum Gasteiger partial charge on any atom is 0.196 e. The van der Waals surface area contributed by atoms with E-state index in [1.54, 1.807) is 0 Å². The Morgan fingerprint density at radius 1 is 0.769 bits per heavy atom. The predicted octanol–water partition coefficient (Wildman–Crippen LogP) is 7.19. The Bertz CT molecular complexity index is 485. The third-order valence-electron chi connectivity index (χ3n) is 4.65. The second-order valence-corrected chi connectivity index (χ2v) is 8.42. The Kier molecular flexibility index (Phi) is 13.5. The van der Waals surface area contributed by atoms with Crippen LogP contribution in [0.4, 0.5) is 0 Å². The summed E-state index contributed by atoms with van der Waals surface area (Å²) < 4.78 is 0. The van der Waals surface area contributed by atoms with Crippen LogP contribution in [0.3, 0.4) is 0 Å². The van der Waals surface area contributed by atoms with E-state index in [0.29, 0.717) is 11.6 Å². The molecule has 0 radical (unpaired) electrons. The van der Waals surface area contributed by atoms with Gasteiger partial charge < -0.3 is 0 Å². The van der Waals surface area contributed by atoms with Crippen molar-refractivity contribution in [2.45, 2.75) is 116 Å². The second-order valence-electron chi connectivity index (χ2n) is 7.40. The summed E-state index contributed by atoms with van der Waals surface area (Å²) in [5, 5.41) is 0.792. The topological polar surface area (TPSA) is 42.9 Å². The maximum atomic E-state index is 12.0. The zero-order valence-electron chi connectivity index (χ0n) is 17.2. The number of aromatic nitrogens is 2. The van der Waals surface area contributed by atoms with E-state index in [2.05, 4.69) is 16.9 Å². The van der Waals surface area contributed by atoms with Crippen LogP contribution in [0, 0.1) is 13.8 Å². The molecule has 0 aliphatic heterocycles. The van der Waals surface area contributed by atoms with E-state index in [1.165, 1.54) is 82.4 Å². The summed E-state index contributed by atoms with van der Waals surface area (Å²) in [5.74, 6) is 0. The first-order valence-electron chi connectivity index (χ1n) is 10.6. The highest BCUT2D eigenvalue weighted by Crippen LogP contribution is 2.19. The van der Waals surface area contributed by atoms with E-state index < -0.39 is 0 Å². The van der Waals surface area contributed by atoms with Gasteiger partial charge in [0.1, 0.15) is 0 Å². The molecule has 0 aliphatic rings. The largest absolute Gasteiger partial charge is 0.287 e. The lowest BCUT2D eigenvalue weighted by Gasteiger charge is -2.04. The highest BCUT2D eigenvalue weighted by Gasteiger charge is 2.08. The Hall–Kier alpha value is -0.900. The maximum absolute atomic E-state index is 12.0. The van der Waals surface area contributed by atoms with Crippen LogP contribution in [0.2, 0.25) is 0 Å². The van der Waals surface area contributed by atoms with Crippen LogP contribution >= 0.6 is 11.8 Å². The summed E-state index contributed by atoms with van der Waals surface area (Å²) in [6, 6.07) is 1.93. The van der Waals surface area contributed by atoms with E-state index >= 15 is 0 Å². The minimum atomic E-state index is 0.193. The molecule has 0 unspecified atom stereocenters. The van der Waals surface area contributed by atoms with Gasteiger partial charge in [-0.3, -0.25) is 4.79 Å². The van der Waals surface area contributed by atoms with Gasteiger partial charge in [-0.15, -0.1) is 0 Å². The third-order valence-corrected chi connectivity index (χ3v) is 5.45. The van der Waals surface area contributed by atoms with E-state index in [0.717, 1.165) is 24.2 Å². The van der Waals surface area contributed by atoms with Crippen molar-refractivity contribution in [3.63, 3.8) is 0 Å². The van der Waals surface area contributed by atoms with Gasteiger partial charge >= 0.3 is 0 Å². The summed E-state index contributed by atoms with van der Waals surface area (Å²) in [4.78, 5) is 20.7. The zero-order chi connectivity index (χ0) is 19.0. The molecular weight excluding hydrogens is 340 g/mol. The first-order chi connectivity index (χ1) is 12.6. The number of aryl methyl sites for hydroxylation is 2. The molecule has 1 rings (SSSR count). The SMILES string of the molecule is CCCCCCCCCCCCCCCC(=O)Sc1nc(C)cc(C)n1. The molecule has 0 N–H and O–H groups in total. The van der Waals surface area contributed by atoms with Crippen molar-refractivity contribution in [2.75, 3.05) is 0 Å². The molecule has 4 heteroatoms. The number of carbonyl (C=O) groups excluding carboxylic acids is 1. The summed E-state index contributed by atoms with van der Waals surface area (Å²) in [6.07, 6.45) is 17.9. The summed E-state index contributed by atoms with van der Waals surface area (Å²) in [7, 11) is 0. The first kappa shape index (κ1) is 23.1. The standard InChI is InChI=1S/C22H38N2OS/c1-4-5-6-7-8-9-10-11-12-13-14-15-16-17-21(25)26-22-23-19(2)18-20(3)24-22/h18H,4-17H2,1-3H3. The monoisotopic (exact) mass is 378 g/mol. The number of carbonyl (C=O) groups is 1. The zero-order valence-corrected chi connectivity index (χ0v) is 18.0. The Morgan fingerprint density at radius 3 is 1.65 bits per heavy atom. The summed E-state index contributed by atoms with van der Waals surface area (Å²) in [6.45, 7) is 6.15. The molecule has 1 aromatic heterocycles. The van der Waals surface area contributed by atoms with Crippen LogP contribution in [0.15, 0.2) is 11.2 Å². The van der Waals surface area contributed by atoms with Crippen LogP contribution in [0.1, 0.15) is 108 Å². The van der Waals surface area contributed by atoms with Gasteiger partial charge in [0.2, 0.25) is 0 Å². The third kappa shape index (κ3) is 12.5. The molecule has 0 aliphatic carbocycles. The van der Waals surface area contributed by atoms with Crippen LogP contribution in [-0.4, -0.2) is 15.1 Å². The van der Waals surface area contributed by atoms with Crippen molar-refractivity contribution in [3.8, 4) is 0 Å². The van der Waals surface area contributed by atoms with E-state index in [1.807, 2.05) is 19.9 Å². The fourth-order valence-electron chi connectivity index (χ4n) is 3.18. The van der Waals surface area contributed by atoms with Crippen molar-refractivity contribution in [3.05, 3.63) is 17.5 Å². The minimum Gasteiger partial charge on any atom is -0.287 e. The number of unbranched alkanes of at least 4 members (excludes halogenated alkanes) is 12. The highest BCUT2D eigenvalue weighted by molar-refractivity contribution is 8.13. The fourth-order valence-corrected chi connectivity index (χ4v) is 4.01.